The lowest BCUT2D eigenvalue weighted by molar-refractivity contribution is 0.464. The summed E-state index contributed by atoms with van der Waals surface area (Å²) in [5.74, 6) is 0. The van der Waals surface area contributed by atoms with Crippen molar-refractivity contribution in [3.05, 3.63) is 35.4 Å². The number of hydrogen-bond donors (Lipinski definition) is 1. The van der Waals surface area contributed by atoms with E-state index in [9.17, 15) is 0 Å². The van der Waals surface area contributed by atoms with Crippen LogP contribution in [0.5, 0.6) is 0 Å². The summed E-state index contributed by atoms with van der Waals surface area (Å²) < 4.78 is 0. The quantitative estimate of drug-likeness (QED) is 0.754. The summed E-state index contributed by atoms with van der Waals surface area (Å²) in [5.41, 5.74) is 8.70. The molecule has 2 N–H and O–H groups in total. The van der Waals surface area contributed by atoms with Crippen molar-refractivity contribution in [2.75, 3.05) is 6.54 Å². The Morgan fingerprint density at radius 2 is 1.92 bits per heavy atom. The van der Waals surface area contributed by atoms with Crippen LogP contribution in [0.2, 0.25) is 0 Å². The topological polar surface area (TPSA) is 26.0 Å². The van der Waals surface area contributed by atoms with Gasteiger partial charge in [-0.1, -0.05) is 38.1 Å². The first-order valence-electron chi connectivity index (χ1n) is 4.90. The second-order valence-electron chi connectivity index (χ2n) is 3.93. The summed E-state index contributed by atoms with van der Waals surface area (Å²) in [6, 6.07) is 8.50. The highest BCUT2D eigenvalue weighted by atomic mass is 14.6. The van der Waals surface area contributed by atoms with Crippen molar-refractivity contribution in [1.82, 2.24) is 0 Å². The number of hydrogen-bond acceptors (Lipinski definition) is 1. The Morgan fingerprint density at radius 1 is 1.31 bits per heavy atom. The Morgan fingerprint density at radius 3 is 2.38 bits per heavy atom. The van der Waals surface area contributed by atoms with Gasteiger partial charge in [0.05, 0.1) is 0 Å². The van der Waals surface area contributed by atoms with Crippen molar-refractivity contribution in [3.63, 3.8) is 0 Å². The minimum atomic E-state index is 0.144. The van der Waals surface area contributed by atoms with Crippen LogP contribution in [0.1, 0.15) is 31.4 Å². The summed E-state index contributed by atoms with van der Waals surface area (Å²) in [6.07, 6.45) is 1.09. The zero-order valence-electron chi connectivity index (χ0n) is 8.80. The van der Waals surface area contributed by atoms with Crippen LogP contribution in [0.25, 0.3) is 0 Å². The van der Waals surface area contributed by atoms with Gasteiger partial charge >= 0.3 is 0 Å². The van der Waals surface area contributed by atoms with Gasteiger partial charge in [0, 0.05) is 12.0 Å². The van der Waals surface area contributed by atoms with Crippen molar-refractivity contribution in [2.45, 2.75) is 32.6 Å². The monoisotopic (exact) mass is 177 g/mol. The van der Waals surface area contributed by atoms with Crippen molar-refractivity contribution in [3.8, 4) is 0 Å². The summed E-state index contributed by atoms with van der Waals surface area (Å²) in [4.78, 5) is 0. The molecule has 1 aromatic carbocycles. The Labute approximate surface area is 81.0 Å². The third-order valence-corrected chi connectivity index (χ3v) is 3.03. The smallest absolute Gasteiger partial charge is 0.00473 e. The maximum absolute atomic E-state index is 5.82. The van der Waals surface area contributed by atoms with E-state index in [4.69, 9.17) is 5.73 Å². The molecule has 0 fully saturated rings. The lowest BCUT2D eigenvalue weighted by Gasteiger charge is -2.28. The molecule has 0 bridgehead atoms. The molecular weight excluding hydrogens is 158 g/mol. The molecule has 0 aromatic heterocycles. The standard InChI is InChI=1S/C12H19N/c1-4-12(3,9-13)11-8-6-5-7-10(11)2/h5-8H,4,9,13H2,1-3H3. The highest BCUT2D eigenvalue weighted by Crippen LogP contribution is 2.28. The lowest BCUT2D eigenvalue weighted by atomic mass is 9.78. The zero-order valence-corrected chi connectivity index (χ0v) is 8.80. The van der Waals surface area contributed by atoms with E-state index in [-0.39, 0.29) is 5.41 Å². The zero-order chi connectivity index (χ0) is 9.90. The third-order valence-electron chi connectivity index (χ3n) is 3.03. The van der Waals surface area contributed by atoms with E-state index in [2.05, 4.69) is 45.0 Å². The molecule has 0 aliphatic rings. The number of nitrogens with two attached hydrogens (primary N) is 1. The van der Waals surface area contributed by atoms with Gasteiger partial charge in [-0.15, -0.1) is 0 Å². The van der Waals surface area contributed by atoms with Gasteiger partial charge in [-0.2, -0.15) is 0 Å². The average Bonchev–Trinajstić information content (AvgIpc) is 2.17. The van der Waals surface area contributed by atoms with Gasteiger partial charge in [0.1, 0.15) is 0 Å². The largest absolute Gasteiger partial charge is 0.330 e. The van der Waals surface area contributed by atoms with Crippen molar-refractivity contribution >= 4 is 0 Å². The van der Waals surface area contributed by atoms with E-state index in [1.165, 1.54) is 11.1 Å². The fraction of sp³-hybridized carbons (Fsp3) is 0.500. The van der Waals surface area contributed by atoms with Crippen molar-refractivity contribution < 1.29 is 0 Å². The first-order valence-corrected chi connectivity index (χ1v) is 4.90. The highest BCUT2D eigenvalue weighted by Gasteiger charge is 2.23. The van der Waals surface area contributed by atoms with Crippen LogP contribution in [0.4, 0.5) is 0 Å². The first-order chi connectivity index (χ1) is 6.14. The van der Waals surface area contributed by atoms with Gasteiger partial charge in [-0.25, -0.2) is 0 Å². The maximum atomic E-state index is 5.82. The molecule has 1 nitrogen and oxygen atoms in total. The van der Waals surface area contributed by atoms with E-state index in [1.807, 2.05) is 0 Å². The molecule has 1 unspecified atom stereocenters. The molecule has 0 saturated carbocycles. The molecule has 1 atom stereocenters. The maximum Gasteiger partial charge on any atom is 0.00473 e. The number of rotatable bonds is 3. The second-order valence-corrected chi connectivity index (χ2v) is 3.93. The first kappa shape index (κ1) is 10.3. The SMILES string of the molecule is CCC(C)(CN)c1ccccc1C. The van der Waals surface area contributed by atoms with E-state index in [0.717, 1.165) is 6.42 Å². The second kappa shape index (κ2) is 3.93. The Bertz CT molecular complexity index is 274. The predicted octanol–water partition coefficient (Wildman–Crippen LogP) is 2.62. The summed E-state index contributed by atoms with van der Waals surface area (Å²) >= 11 is 0. The van der Waals surface area contributed by atoms with Crippen LogP contribution in [-0.4, -0.2) is 6.54 Å². The Hall–Kier alpha value is -0.820. The molecule has 0 heterocycles. The van der Waals surface area contributed by atoms with Gasteiger partial charge in [-0.3, -0.25) is 0 Å². The molecule has 0 aliphatic heterocycles. The third kappa shape index (κ3) is 1.92. The van der Waals surface area contributed by atoms with Crippen LogP contribution >= 0.6 is 0 Å². The molecule has 0 saturated heterocycles. The van der Waals surface area contributed by atoms with Crippen molar-refractivity contribution in [2.24, 2.45) is 5.73 Å². The van der Waals surface area contributed by atoms with Gasteiger partial charge in [-0.05, 0) is 24.5 Å². The van der Waals surface area contributed by atoms with E-state index in [0.29, 0.717) is 6.54 Å². The van der Waals surface area contributed by atoms with Crippen LogP contribution in [0, 0.1) is 6.92 Å². The van der Waals surface area contributed by atoms with Crippen molar-refractivity contribution in [1.29, 1.82) is 0 Å². The fourth-order valence-electron chi connectivity index (χ4n) is 1.69. The molecular formula is C12H19N. The lowest BCUT2D eigenvalue weighted by Crippen LogP contribution is -2.31. The van der Waals surface area contributed by atoms with E-state index in [1.54, 1.807) is 0 Å². The van der Waals surface area contributed by atoms with Crippen LogP contribution in [0.3, 0.4) is 0 Å². The molecule has 1 rings (SSSR count). The van der Waals surface area contributed by atoms with E-state index >= 15 is 0 Å². The van der Waals surface area contributed by atoms with Crippen LogP contribution in [0.15, 0.2) is 24.3 Å². The average molecular weight is 177 g/mol. The highest BCUT2D eigenvalue weighted by molar-refractivity contribution is 5.33. The molecule has 1 heteroatoms. The van der Waals surface area contributed by atoms with Crippen LogP contribution in [-0.2, 0) is 5.41 Å². The van der Waals surface area contributed by atoms with Gasteiger partial charge in [0.25, 0.3) is 0 Å². The van der Waals surface area contributed by atoms with E-state index < -0.39 is 0 Å². The minimum absolute atomic E-state index is 0.144. The van der Waals surface area contributed by atoms with Gasteiger partial charge in [0.2, 0.25) is 0 Å². The summed E-state index contributed by atoms with van der Waals surface area (Å²) in [7, 11) is 0. The predicted molar refractivity (Wildman–Crippen MR) is 57.9 cm³/mol. The number of aryl methyl sites for hydroxylation is 1. The molecule has 72 valence electrons. The molecule has 1 aromatic rings. The molecule has 0 amide bonds. The normalized spacial score (nSPS) is 15.4. The number of benzene rings is 1. The molecule has 0 spiro atoms. The summed E-state index contributed by atoms with van der Waals surface area (Å²) in [5, 5.41) is 0. The Kier molecular flexibility index (Phi) is 3.10. The van der Waals surface area contributed by atoms with Gasteiger partial charge < -0.3 is 5.73 Å². The summed E-state index contributed by atoms with van der Waals surface area (Å²) in [6.45, 7) is 7.29. The fourth-order valence-corrected chi connectivity index (χ4v) is 1.69. The van der Waals surface area contributed by atoms with Gasteiger partial charge in [0.15, 0.2) is 0 Å². The minimum Gasteiger partial charge on any atom is -0.330 e. The van der Waals surface area contributed by atoms with Crippen LogP contribution < -0.4 is 5.73 Å². The molecule has 0 aliphatic carbocycles. The molecule has 0 radical (unpaired) electrons. The Balaban J connectivity index is 3.12. The molecule has 13 heavy (non-hydrogen) atoms.